The Morgan fingerprint density at radius 1 is 1.50 bits per heavy atom. The fourth-order valence-electron chi connectivity index (χ4n) is 1.11. The summed E-state index contributed by atoms with van der Waals surface area (Å²) in [5.41, 5.74) is 0.741. The zero-order valence-electron chi connectivity index (χ0n) is 9.74. The minimum atomic E-state index is -0.220. The summed E-state index contributed by atoms with van der Waals surface area (Å²) in [6.45, 7) is 5.90. The maximum absolute atomic E-state index is 11.5. The summed E-state index contributed by atoms with van der Waals surface area (Å²) in [6, 6.07) is 3.43. The van der Waals surface area contributed by atoms with E-state index in [1.165, 1.54) is 6.07 Å². The van der Waals surface area contributed by atoms with Crippen LogP contribution in [0.1, 0.15) is 19.5 Å². The number of carbonyl (C=O) groups excluding carboxylic acids is 1. The maximum Gasteiger partial charge on any atom is 0.239 e. The first-order valence-corrected chi connectivity index (χ1v) is 5.19. The molecule has 0 aliphatic carbocycles. The van der Waals surface area contributed by atoms with E-state index in [1.54, 1.807) is 13.0 Å². The Kier molecular flexibility index (Phi) is 4.25. The van der Waals surface area contributed by atoms with Crippen molar-refractivity contribution in [2.45, 2.75) is 26.8 Å². The molecule has 0 aliphatic heterocycles. The Morgan fingerprint density at radius 2 is 2.19 bits per heavy atom. The number of nitrogens with zero attached hydrogens (tertiary/aromatic N) is 1. The van der Waals surface area contributed by atoms with Gasteiger partial charge in [0.1, 0.15) is 0 Å². The van der Waals surface area contributed by atoms with Gasteiger partial charge in [0, 0.05) is 11.7 Å². The van der Waals surface area contributed by atoms with Crippen molar-refractivity contribution in [3.05, 3.63) is 17.8 Å². The third kappa shape index (κ3) is 3.86. The van der Waals surface area contributed by atoms with Crippen LogP contribution in [0.25, 0.3) is 0 Å². The monoisotopic (exact) mass is 223 g/mol. The van der Waals surface area contributed by atoms with Crippen LogP contribution in [0.2, 0.25) is 0 Å². The standard InChI is InChI=1S/C11H17N3O2/c1-7(2)12-6-10(16)14-11-9(15)5-4-8(3)13-11/h4-5,7,12,15H,6H2,1-3H3,(H,13,14,16). The smallest absolute Gasteiger partial charge is 0.239 e. The number of aromatic hydroxyl groups is 1. The van der Waals surface area contributed by atoms with Crippen molar-refractivity contribution in [3.8, 4) is 5.75 Å². The molecule has 1 aromatic heterocycles. The summed E-state index contributed by atoms with van der Waals surface area (Å²) < 4.78 is 0. The molecule has 88 valence electrons. The Morgan fingerprint density at radius 3 is 2.81 bits per heavy atom. The number of amides is 1. The first-order valence-electron chi connectivity index (χ1n) is 5.19. The summed E-state index contributed by atoms with van der Waals surface area (Å²) in [7, 11) is 0. The van der Waals surface area contributed by atoms with E-state index in [0.29, 0.717) is 0 Å². The molecule has 1 aromatic rings. The van der Waals surface area contributed by atoms with Gasteiger partial charge in [-0.15, -0.1) is 0 Å². The normalized spacial score (nSPS) is 10.5. The average molecular weight is 223 g/mol. The zero-order chi connectivity index (χ0) is 12.1. The summed E-state index contributed by atoms with van der Waals surface area (Å²) >= 11 is 0. The zero-order valence-corrected chi connectivity index (χ0v) is 9.74. The molecule has 1 amide bonds. The van der Waals surface area contributed by atoms with Crippen LogP contribution in [0, 0.1) is 6.92 Å². The largest absolute Gasteiger partial charge is 0.504 e. The van der Waals surface area contributed by atoms with Crippen molar-refractivity contribution in [2.24, 2.45) is 0 Å². The number of aryl methyl sites for hydroxylation is 1. The van der Waals surface area contributed by atoms with Gasteiger partial charge in [-0.05, 0) is 19.1 Å². The van der Waals surface area contributed by atoms with E-state index in [2.05, 4.69) is 15.6 Å². The van der Waals surface area contributed by atoms with Gasteiger partial charge in [0.25, 0.3) is 0 Å². The molecule has 0 aliphatic rings. The highest BCUT2D eigenvalue weighted by molar-refractivity contribution is 5.92. The second-order valence-corrected chi connectivity index (χ2v) is 3.90. The van der Waals surface area contributed by atoms with E-state index in [9.17, 15) is 9.90 Å². The highest BCUT2D eigenvalue weighted by Gasteiger charge is 2.08. The second-order valence-electron chi connectivity index (χ2n) is 3.90. The minimum Gasteiger partial charge on any atom is -0.504 e. The molecule has 0 atom stereocenters. The SMILES string of the molecule is Cc1ccc(O)c(NC(=O)CNC(C)C)n1. The molecule has 1 rings (SSSR count). The first kappa shape index (κ1) is 12.4. The summed E-state index contributed by atoms with van der Waals surface area (Å²) in [5, 5.41) is 15.0. The van der Waals surface area contributed by atoms with Crippen LogP contribution in [-0.2, 0) is 4.79 Å². The van der Waals surface area contributed by atoms with Gasteiger partial charge in [-0.1, -0.05) is 13.8 Å². The number of pyridine rings is 1. The highest BCUT2D eigenvalue weighted by Crippen LogP contribution is 2.19. The Labute approximate surface area is 94.9 Å². The Bertz CT molecular complexity index is 377. The summed E-state index contributed by atoms with van der Waals surface area (Å²) in [4.78, 5) is 15.5. The van der Waals surface area contributed by atoms with E-state index in [4.69, 9.17) is 0 Å². The maximum atomic E-state index is 11.5. The topological polar surface area (TPSA) is 74.2 Å². The molecule has 1 heterocycles. The van der Waals surface area contributed by atoms with E-state index < -0.39 is 0 Å². The third-order valence-corrected chi connectivity index (χ3v) is 1.94. The van der Waals surface area contributed by atoms with E-state index in [-0.39, 0.29) is 30.1 Å². The molecular formula is C11H17N3O2. The van der Waals surface area contributed by atoms with Gasteiger partial charge in [0.15, 0.2) is 11.6 Å². The molecule has 5 heteroatoms. The van der Waals surface area contributed by atoms with Crippen molar-refractivity contribution >= 4 is 11.7 Å². The number of nitrogens with one attached hydrogen (secondary N) is 2. The lowest BCUT2D eigenvalue weighted by atomic mass is 10.3. The van der Waals surface area contributed by atoms with Crippen LogP contribution in [-0.4, -0.2) is 28.6 Å². The van der Waals surface area contributed by atoms with Crippen LogP contribution in [0.4, 0.5) is 5.82 Å². The van der Waals surface area contributed by atoms with Crippen LogP contribution in [0.15, 0.2) is 12.1 Å². The van der Waals surface area contributed by atoms with Gasteiger partial charge < -0.3 is 15.7 Å². The average Bonchev–Trinajstić information content (AvgIpc) is 2.20. The Balaban J connectivity index is 2.59. The molecule has 0 saturated carbocycles. The van der Waals surface area contributed by atoms with E-state index >= 15 is 0 Å². The lowest BCUT2D eigenvalue weighted by Gasteiger charge is -2.09. The number of hydrogen-bond donors (Lipinski definition) is 3. The Hall–Kier alpha value is -1.62. The van der Waals surface area contributed by atoms with Gasteiger partial charge in [-0.2, -0.15) is 0 Å². The van der Waals surface area contributed by atoms with E-state index in [1.807, 2.05) is 13.8 Å². The van der Waals surface area contributed by atoms with Crippen LogP contribution in [0.3, 0.4) is 0 Å². The molecule has 0 fully saturated rings. The van der Waals surface area contributed by atoms with Crippen LogP contribution >= 0.6 is 0 Å². The first-order chi connectivity index (χ1) is 7.49. The predicted molar refractivity (Wildman–Crippen MR) is 62.4 cm³/mol. The second kappa shape index (κ2) is 5.46. The van der Waals surface area contributed by atoms with Gasteiger partial charge in [0.05, 0.1) is 6.54 Å². The van der Waals surface area contributed by atoms with Crippen molar-refractivity contribution in [2.75, 3.05) is 11.9 Å². The predicted octanol–water partition coefficient (Wildman–Crippen LogP) is 1.03. The molecule has 0 bridgehead atoms. The minimum absolute atomic E-state index is 0.0245. The number of hydrogen-bond acceptors (Lipinski definition) is 4. The van der Waals surface area contributed by atoms with Crippen LogP contribution < -0.4 is 10.6 Å². The molecule has 0 aromatic carbocycles. The lowest BCUT2D eigenvalue weighted by Crippen LogP contribution is -2.32. The van der Waals surface area contributed by atoms with Gasteiger partial charge in [-0.3, -0.25) is 4.79 Å². The quantitative estimate of drug-likeness (QED) is 0.712. The fourth-order valence-corrected chi connectivity index (χ4v) is 1.11. The molecule has 0 spiro atoms. The molecule has 5 nitrogen and oxygen atoms in total. The molecule has 0 radical (unpaired) electrons. The molecule has 0 unspecified atom stereocenters. The summed E-state index contributed by atoms with van der Waals surface area (Å²) in [5.74, 6) is -0.0406. The van der Waals surface area contributed by atoms with Crippen molar-refractivity contribution < 1.29 is 9.90 Å². The number of anilines is 1. The van der Waals surface area contributed by atoms with Crippen molar-refractivity contribution in [1.29, 1.82) is 0 Å². The molecular weight excluding hydrogens is 206 g/mol. The molecule has 3 N–H and O–H groups in total. The molecule has 16 heavy (non-hydrogen) atoms. The summed E-state index contributed by atoms with van der Waals surface area (Å²) in [6.07, 6.45) is 0. The number of carbonyl (C=O) groups is 1. The van der Waals surface area contributed by atoms with Gasteiger partial charge >= 0.3 is 0 Å². The number of rotatable bonds is 4. The highest BCUT2D eigenvalue weighted by atomic mass is 16.3. The number of aromatic nitrogens is 1. The molecule has 0 saturated heterocycles. The van der Waals surface area contributed by atoms with E-state index in [0.717, 1.165) is 5.69 Å². The lowest BCUT2D eigenvalue weighted by molar-refractivity contribution is -0.115. The van der Waals surface area contributed by atoms with Crippen molar-refractivity contribution in [3.63, 3.8) is 0 Å². The van der Waals surface area contributed by atoms with Gasteiger partial charge in [0.2, 0.25) is 5.91 Å². The third-order valence-electron chi connectivity index (χ3n) is 1.94. The fraction of sp³-hybridized carbons (Fsp3) is 0.455. The van der Waals surface area contributed by atoms with Crippen LogP contribution in [0.5, 0.6) is 5.75 Å². The van der Waals surface area contributed by atoms with Crippen molar-refractivity contribution in [1.82, 2.24) is 10.3 Å². The van der Waals surface area contributed by atoms with Gasteiger partial charge in [-0.25, -0.2) is 4.98 Å².